The molecule has 7 heteroatoms. The number of methoxy groups -OCH3 is 3. The lowest BCUT2D eigenvalue weighted by Crippen LogP contribution is -2.19. The molecule has 6 nitrogen and oxygen atoms in total. The predicted molar refractivity (Wildman–Crippen MR) is 127 cm³/mol. The Labute approximate surface area is 190 Å². The molecule has 0 aliphatic heterocycles. The number of ether oxygens (including phenoxy) is 3. The Bertz CT molecular complexity index is 1290. The highest BCUT2D eigenvalue weighted by Crippen LogP contribution is 2.33. The first-order chi connectivity index (χ1) is 15.6. The monoisotopic (exact) mass is 448 g/mol. The van der Waals surface area contributed by atoms with Gasteiger partial charge >= 0.3 is 0 Å². The van der Waals surface area contributed by atoms with Crippen molar-refractivity contribution in [3.05, 3.63) is 77.1 Å². The van der Waals surface area contributed by atoms with Crippen LogP contribution in [-0.4, -0.2) is 38.4 Å². The smallest absolute Gasteiger partial charge is 0.279 e. The Hall–Kier alpha value is -3.42. The lowest BCUT2D eigenvalue weighted by Gasteiger charge is -2.09. The largest absolute Gasteiger partial charge is 0.493 e. The average Bonchev–Trinajstić information content (AvgIpc) is 3.17. The fraction of sp³-hybridized carbons (Fsp3) is 0.200. The molecule has 0 radical (unpaired) electrons. The highest BCUT2D eigenvalue weighted by atomic mass is 32.1. The highest BCUT2D eigenvalue weighted by Gasteiger charge is 2.14. The van der Waals surface area contributed by atoms with Crippen molar-refractivity contribution in [1.29, 1.82) is 0 Å². The number of carbonyl (C=O) groups excluding carboxylic acids is 1. The van der Waals surface area contributed by atoms with Crippen molar-refractivity contribution in [2.45, 2.75) is 6.54 Å². The van der Waals surface area contributed by atoms with Crippen molar-refractivity contribution in [2.24, 2.45) is 4.99 Å². The standard InChI is InChI=1S/C25H24N2O4S/c1-29-14-13-27-20-15-21(30-2)22(31-3)16-23(20)32-25(27)26-24(28)19-11-9-18(10-12-19)17-7-5-4-6-8-17/h4-12,15-16H,13-14H2,1-3H3. The first-order valence-corrected chi connectivity index (χ1v) is 10.9. The molecule has 0 saturated carbocycles. The second kappa shape index (κ2) is 9.80. The van der Waals surface area contributed by atoms with E-state index in [0.29, 0.717) is 35.0 Å². The number of fused-ring (bicyclic) bond motifs is 1. The minimum Gasteiger partial charge on any atom is -0.493 e. The summed E-state index contributed by atoms with van der Waals surface area (Å²) in [6, 6.07) is 21.4. The van der Waals surface area contributed by atoms with Crippen LogP contribution >= 0.6 is 11.3 Å². The number of benzene rings is 3. The molecule has 3 aromatic carbocycles. The molecule has 0 N–H and O–H groups in total. The number of amides is 1. The Morgan fingerprint density at radius 2 is 1.56 bits per heavy atom. The van der Waals surface area contributed by atoms with Gasteiger partial charge in [-0.25, -0.2) is 0 Å². The molecule has 1 heterocycles. The normalized spacial score (nSPS) is 11.7. The van der Waals surface area contributed by atoms with Crippen LogP contribution in [0.1, 0.15) is 10.4 Å². The maximum atomic E-state index is 13.0. The van der Waals surface area contributed by atoms with Crippen molar-refractivity contribution in [1.82, 2.24) is 4.57 Å². The number of hydrogen-bond acceptors (Lipinski definition) is 5. The molecule has 0 aliphatic carbocycles. The number of thiazole rings is 1. The highest BCUT2D eigenvalue weighted by molar-refractivity contribution is 7.16. The number of nitrogens with zero attached hydrogens (tertiary/aromatic N) is 2. The first-order valence-electron chi connectivity index (χ1n) is 10.1. The van der Waals surface area contributed by atoms with Crippen LogP contribution < -0.4 is 14.3 Å². The molecule has 32 heavy (non-hydrogen) atoms. The second-order valence-electron chi connectivity index (χ2n) is 7.06. The molecule has 1 aromatic heterocycles. The van der Waals surface area contributed by atoms with Gasteiger partial charge in [0.15, 0.2) is 16.3 Å². The van der Waals surface area contributed by atoms with Crippen molar-refractivity contribution in [3.63, 3.8) is 0 Å². The van der Waals surface area contributed by atoms with Gasteiger partial charge in [-0.2, -0.15) is 4.99 Å². The van der Waals surface area contributed by atoms with Crippen LogP contribution in [0, 0.1) is 0 Å². The summed E-state index contributed by atoms with van der Waals surface area (Å²) >= 11 is 1.43. The molecule has 0 bridgehead atoms. The maximum absolute atomic E-state index is 13.0. The summed E-state index contributed by atoms with van der Waals surface area (Å²) in [4.78, 5) is 18.0. The van der Waals surface area contributed by atoms with E-state index < -0.39 is 0 Å². The van der Waals surface area contributed by atoms with Gasteiger partial charge in [-0.05, 0) is 23.3 Å². The number of hydrogen-bond donors (Lipinski definition) is 0. The van der Waals surface area contributed by atoms with Crippen LogP contribution in [-0.2, 0) is 11.3 Å². The maximum Gasteiger partial charge on any atom is 0.279 e. The summed E-state index contributed by atoms with van der Waals surface area (Å²) in [5.74, 6) is 0.967. The van der Waals surface area contributed by atoms with Crippen LogP contribution in [0.4, 0.5) is 0 Å². The molecule has 164 valence electrons. The van der Waals surface area contributed by atoms with E-state index >= 15 is 0 Å². The molecule has 1 amide bonds. The van der Waals surface area contributed by atoms with Gasteiger partial charge in [0.2, 0.25) is 0 Å². The molecule has 0 fully saturated rings. The Morgan fingerprint density at radius 1 is 0.906 bits per heavy atom. The van der Waals surface area contributed by atoms with Gasteiger partial charge in [-0.1, -0.05) is 53.8 Å². The lowest BCUT2D eigenvalue weighted by molar-refractivity contribution is 0.0997. The zero-order valence-corrected chi connectivity index (χ0v) is 19.0. The van der Waals surface area contributed by atoms with Crippen LogP contribution in [0.25, 0.3) is 21.3 Å². The van der Waals surface area contributed by atoms with Gasteiger partial charge in [0, 0.05) is 31.4 Å². The Kier molecular flexibility index (Phi) is 6.68. The fourth-order valence-electron chi connectivity index (χ4n) is 3.47. The SMILES string of the molecule is COCCn1c(=NC(=O)c2ccc(-c3ccccc3)cc2)sc2cc(OC)c(OC)cc21. The quantitative estimate of drug-likeness (QED) is 0.408. The summed E-state index contributed by atoms with van der Waals surface area (Å²) in [5, 5.41) is 0. The van der Waals surface area contributed by atoms with Gasteiger partial charge in [0.05, 0.1) is 31.0 Å². The molecule has 0 unspecified atom stereocenters. The van der Waals surface area contributed by atoms with Crippen LogP contribution in [0.2, 0.25) is 0 Å². The summed E-state index contributed by atoms with van der Waals surface area (Å²) in [6.07, 6.45) is 0. The van der Waals surface area contributed by atoms with E-state index in [4.69, 9.17) is 14.2 Å². The molecule has 0 atom stereocenters. The number of rotatable bonds is 7. The van der Waals surface area contributed by atoms with Gasteiger partial charge < -0.3 is 18.8 Å². The van der Waals surface area contributed by atoms with E-state index in [-0.39, 0.29) is 5.91 Å². The van der Waals surface area contributed by atoms with Gasteiger partial charge in [0.25, 0.3) is 5.91 Å². The fourth-order valence-corrected chi connectivity index (χ4v) is 4.53. The van der Waals surface area contributed by atoms with Gasteiger partial charge in [-0.3, -0.25) is 4.79 Å². The van der Waals surface area contributed by atoms with Crippen molar-refractivity contribution in [3.8, 4) is 22.6 Å². The second-order valence-corrected chi connectivity index (χ2v) is 8.07. The summed E-state index contributed by atoms with van der Waals surface area (Å²) < 4.78 is 19.1. The molecular formula is C25H24N2O4S. The molecule has 0 saturated heterocycles. The van der Waals surface area contributed by atoms with E-state index in [2.05, 4.69) is 4.99 Å². The minimum atomic E-state index is -0.290. The third-order valence-electron chi connectivity index (χ3n) is 5.14. The number of carbonyl (C=O) groups is 1. The summed E-state index contributed by atoms with van der Waals surface area (Å²) in [6.45, 7) is 1.05. The summed E-state index contributed by atoms with van der Waals surface area (Å²) in [7, 11) is 4.85. The van der Waals surface area contributed by atoms with E-state index in [9.17, 15) is 4.79 Å². The zero-order valence-electron chi connectivity index (χ0n) is 18.2. The van der Waals surface area contributed by atoms with E-state index in [1.165, 1.54) is 11.3 Å². The van der Waals surface area contributed by atoms with Gasteiger partial charge in [0.1, 0.15) is 0 Å². The topological polar surface area (TPSA) is 62.1 Å². The molecular weight excluding hydrogens is 424 g/mol. The molecule has 4 rings (SSSR count). The van der Waals surface area contributed by atoms with Crippen LogP contribution in [0.5, 0.6) is 11.5 Å². The van der Waals surface area contributed by atoms with Crippen molar-refractivity contribution in [2.75, 3.05) is 27.9 Å². The molecule has 4 aromatic rings. The number of aromatic nitrogens is 1. The van der Waals surface area contributed by atoms with Gasteiger partial charge in [-0.15, -0.1) is 0 Å². The minimum absolute atomic E-state index is 0.290. The van der Waals surface area contributed by atoms with E-state index in [1.54, 1.807) is 21.3 Å². The van der Waals surface area contributed by atoms with E-state index in [1.807, 2.05) is 71.3 Å². The third kappa shape index (κ3) is 4.44. The van der Waals surface area contributed by atoms with E-state index in [0.717, 1.165) is 21.3 Å². The lowest BCUT2D eigenvalue weighted by atomic mass is 10.0. The molecule has 0 spiro atoms. The van der Waals surface area contributed by atoms with Crippen LogP contribution in [0.15, 0.2) is 71.7 Å². The molecule has 0 aliphatic rings. The predicted octanol–water partition coefficient (Wildman–Crippen LogP) is 4.77. The Morgan fingerprint density at radius 3 is 2.22 bits per heavy atom. The van der Waals surface area contributed by atoms with Crippen molar-refractivity contribution >= 4 is 27.5 Å². The summed E-state index contributed by atoms with van der Waals surface area (Å²) in [5.41, 5.74) is 3.61. The Balaban J connectivity index is 1.74. The van der Waals surface area contributed by atoms with Crippen molar-refractivity contribution < 1.29 is 19.0 Å². The third-order valence-corrected chi connectivity index (χ3v) is 6.18. The average molecular weight is 449 g/mol. The first kappa shape index (κ1) is 21.8. The zero-order chi connectivity index (χ0) is 22.5. The van der Waals surface area contributed by atoms with Crippen LogP contribution in [0.3, 0.4) is 0 Å².